The van der Waals surface area contributed by atoms with E-state index in [4.69, 9.17) is 9.52 Å². The molecule has 0 bridgehead atoms. The van der Waals surface area contributed by atoms with E-state index in [0.717, 1.165) is 12.0 Å². The molecule has 2 aromatic rings. The molecule has 1 N–H and O–H groups in total. The molecule has 0 saturated carbocycles. The summed E-state index contributed by atoms with van der Waals surface area (Å²) < 4.78 is 18.5. The molecule has 4 nitrogen and oxygen atoms in total. The van der Waals surface area contributed by atoms with Gasteiger partial charge in [0.15, 0.2) is 5.76 Å². The Morgan fingerprint density at radius 2 is 2.05 bits per heavy atom. The van der Waals surface area contributed by atoms with Gasteiger partial charge in [0.25, 0.3) is 5.91 Å². The van der Waals surface area contributed by atoms with Gasteiger partial charge < -0.3 is 14.4 Å². The van der Waals surface area contributed by atoms with Crippen molar-refractivity contribution in [1.82, 2.24) is 4.90 Å². The van der Waals surface area contributed by atoms with Crippen molar-refractivity contribution in [1.29, 1.82) is 0 Å². The van der Waals surface area contributed by atoms with E-state index in [1.54, 1.807) is 29.2 Å². The van der Waals surface area contributed by atoms with Crippen molar-refractivity contribution < 1.29 is 18.7 Å². The Hall–Kier alpha value is -2.14. The number of likely N-dealkylation sites (tertiary alicyclic amines) is 1. The molecule has 0 spiro atoms. The van der Waals surface area contributed by atoms with Crippen molar-refractivity contribution in [2.24, 2.45) is 5.92 Å². The lowest BCUT2D eigenvalue weighted by atomic mass is 10.1. The van der Waals surface area contributed by atoms with Crippen molar-refractivity contribution in [3.63, 3.8) is 0 Å². The summed E-state index contributed by atoms with van der Waals surface area (Å²) in [6.07, 6.45) is 0.813. The third-order valence-corrected chi connectivity index (χ3v) is 3.78. The first kappa shape index (κ1) is 13.8. The minimum atomic E-state index is -0.311. The molecule has 21 heavy (non-hydrogen) atoms. The summed E-state index contributed by atoms with van der Waals surface area (Å²) in [5.74, 6) is 0.484. The van der Waals surface area contributed by atoms with Crippen LogP contribution in [0.3, 0.4) is 0 Å². The lowest BCUT2D eigenvalue weighted by Crippen LogP contribution is -2.28. The van der Waals surface area contributed by atoms with Gasteiger partial charge in [-0.1, -0.05) is 0 Å². The second kappa shape index (κ2) is 5.69. The number of aliphatic hydroxyl groups excluding tert-OH is 1. The van der Waals surface area contributed by atoms with Gasteiger partial charge in [0.05, 0.1) is 0 Å². The van der Waals surface area contributed by atoms with Gasteiger partial charge in [-0.3, -0.25) is 4.79 Å². The highest BCUT2D eigenvalue weighted by Gasteiger charge is 2.28. The topological polar surface area (TPSA) is 53.7 Å². The average Bonchev–Trinajstić information content (AvgIpc) is 3.16. The number of halogens is 1. The zero-order valence-corrected chi connectivity index (χ0v) is 11.5. The van der Waals surface area contributed by atoms with Gasteiger partial charge in [0.1, 0.15) is 11.6 Å². The molecule has 3 rings (SSSR count). The van der Waals surface area contributed by atoms with Crippen LogP contribution in [0, 0.1) is 11.7 Å². The maximum Gasteiger partial charge on any atom is 0.289 e. The van der Waals surface area contributed by atoms with Gasteiger partial charge >= 0.3 is 0 Å². The smallest absolute Gasteiger partial charge is 0.289 e. The summed E-state index contributed by atoms with van der Waals surface area (Å²) in [7, 11) is 0. The Morgan fingerprint density at radius 1 is 1.29 bits per heavy atom. The molecule has 5 heteroatoms. The molecule has 1 aromatic heterocycles. The van der Waals surface area contributed by atoms with Crippen molar-refractivity contribution >= 4 is 5.91 Å². The largest absolute Gasteiger partial charge is 0.451 e. The predicted octanol–water partition coefficient (Wildman–Crippen LogP) is 2.54. The van der Waals surface area contributed by atoms with Crippen LogP contribution in [0.2, 0.25) is 0 Å². The number of furan rings is 1. The summed E-state index contributed by atoms with van der Waals surface area (Å²) >= 11 is 0. The molecule has 1 fully saturated rings. The van der Waals surface area contributed by atoms with Crippen LogP contribution in [0.25, 0.3) is 11.3 Å². The maximum atomic E-state index is 12.9. The van der Waals surface area contributed by atoms with E-state index in [9.17, 15) is 9.18 Å². The molecule has 0 aliphatic carbocycles. The summed E-state index contributed by atoms with van der Waals surface area (Å²) in [5, 5.41) is 9.12. The lowest BCUT2D eigenvalue weighted by Gasteiger charge is -2.14. The SMILES string of the molecule is O=C(c1ccc(-c2ccc(F)cc2)o1)N1CCC(CO)C1. The quantitative estimate of drug-likeness (QED) is 0.944. The number of carbonyl (C=O) groups excluding carboxylic acids is 1. The van der Waals surface area contributed by atoms with E-state index in [1.165, 1.54) is 12.1 Å². The lowest BCUT2D eigenvalue weighted by molar-refractivity contribution is 0.0751. The number of aliphatic hydroxyl groups is 1. The van der Waals surface area contributed by atoms with Gasteiger partial charge in [-0.15, -0.1) is 0 Å². The average molecular weight is 289 g/mol. The van der Waals surface area contributed by atoms with Crippen LogP contribution in [-0.4, -0.2) is 35.6 Å². The first-order valence-electron chi connectivity index (χ1n) is 6.93. The van der Waals surface area contributed by atoms with Crippen LogP contribution in [0.1, 0.15) is 17.0 Å². The second-order valence-electron chi connectivity index (χ2n) is 5.26. The van der Waals surface area contributed by atoms with E-state index in [0.29, 0.717) is 18.8 Å². The van der Waals surface area contributed by atoms with Crippen molar-refractivity contribution in [2.45, 2.75) is 6.42 Å². The minimum absolute atomic E-state index is 0.1000. The Labute approximate surface area is 121 Å². The minimum Gasteiger partial charge on any atom is -0.451 e. The molecular formula is C16H16FNO3. The predicted molar refractivity (Wildman–Crippen MR) is 75.2 cm³/mol. The second-order valence-corrected chi connectivity index (χ2v) is 5.26. The number of benzene rings is 1. The van der Waals surface area contributed by atoms with E-state index in [-0.39, 0.29) is 30.0 Å². The van der Waals surface area contributed by atoms with Gasteiger partial charge in [0, 0.05) is 31.2 Å². The van der Waals surface area contributed by atoms with Crippen molar-refractivity contribution in [3.05, 3.63) is 48.0 Å². The van der Waals surface area contributed by atoms with Gasteiger partial charge in [-0.2, -0.15) is 0 Å². The first-order valence-corrected chi connectivity index (χ1v) is 6.93. The molecule has 110 valence electrons. The molecule has 2 heterocycles. The fourth-order valence-electron chi connectivity index (χ4n) is 2.54. The normalized spacial score (nSPS) is 18.2. The Balaban J connectivity index is 1.75. The zero-order valence-electron chi connectivity index (χ0n) is 11.5. The van der Waals surface area contributed by atoms with Crippen LogP contribution < -0.4 is 0 Å². The van der Waals surface area contributed by atoms with Crippen LogP contribution in [-0.2, 0) is 0 Å². The molecule has 0 radical (unpaired) electrons. The highest BCUT2D eigenvalue weighted by atomic mass is 19.1. The molecule has 1 aliphatic rings. The van der Waals surface area contributed by atoms with Crippen LogP contribution in [0.15, 0.2) is 40.8 Å². The van der Waals surface area contributed by atoms with Crippen molar-refractivity contribution in [2.75, 3.05) is 19.7 Å². The number of nitrogens with zero attached hydrogens (tertiary/aromatic N) is 1. The third-order valence-electron chi connectivity index (χ3n) is 3.78. The summed E-state index contributed by atoms with van der Waals surface area (Å²) in [4.78, 5) is 14.0. The fourth-order valence-corrected chi connectivity index (χ4v) is 2.54. The number of carbonyl (C=O) groups is 1. The molecule has 1 aliphatic heterocycles. The van der Waals surface area contributed by atoms with Crippen LogP contribution in [0.5, 0.6) is 0 Å². The van der Waals surface area contributed by atoms with E-state index in [2.05, 4.69) is 0 Å². The van der Waals surface area contributed by atoms with E-state index in [1.807, 2.05) is 0 Å². The van der Waals surface area contributed by atoms with Gasteiger partial charge in [-0.25, -0.2) is 4.39 Å². The molecule has 1 amide bonds. The number of amides is 1. The van der Waals surface area contributed by atoms with Crippen LogP contribution in [0.4, 0.5) is 4.39 Å². The Kier molecular flexibility index (Phi) is 3.75. The number of rotatable bonds is 3. The van der Waals surface area contributed by atoms with Crippen LogP contribution >= 0.6 is 0 Å². The van der Waals surface area contributed by atoms with Gasteiger partial charge in [0.2, 0.25) is 0 Å². The molecule has 1 aromatic carbocycles. The molecule has 1 unspecified atom stereocenters. The summed E-state index contributed by atoms with van der Waals surface area (Å²) in [6, 6.07) is 9.27. The van der Waals surface area contributed by atoms with Crippen molar-refractivity contribution in [3.8, 4) is 11.3 Å². The zero-order chi connectivity index (χ0) is 14.8. The van der Waals surface area contributed by atoms with Gasteiger partial charge in [-0.05, 0) is 42.8 Å². The van der Waals surface area contributed by atoms with E-state index >= 15 is 0 Å². The highest BCUT2D eigenvalue weighted by Crippen LogP contribution is 2.25. The fraction of sp³-hybridized carbons (Fsp3) is 0.312. The standard InChI is InChI=1S/C16H16FNO3/c17-13-3-1-12(2-4-13)14-5-6-15(21-14)16(20)18-8-7-11(9-18)10-19/h1-6,11,19H,7-10H2. The first-order chi connectivity index (χ1) is 10.2. The third kappa shape index (κ3) is 2.83. The number of hydrogen-bond donors (Lipinski definition) is 1. The molecule has 1 atom stereocenters. The monoisotopic (exact) mass is 289 g/mol. The summed E-state index contributed by atoms with van der Waals surface area (Å²) in [5.41, 5.74) is 0.727. The summed E-state index contributed by atoms with van der Waals surface area (Å²) in [6.45, 7) is 1.29. The highest BCUT2D eigenvalue weighted by molar-refractivity contribution is 5.92. The number of hydrogen-bond acceptors (Lipinski definition) is 3. The Morgan fingerprint density at radius 3 is 2.71 bits per heavy atom. The maximum absolute atomic E-state index is 12.9. The molecule has 1 saturated heterocycles. The molecular weight excluding hydrogens is 273 g/mol. The van der Waals surface area contributed by atoms with E-state index < -0.39 is 0 Å². The Bertz CT molecular complexity index is 635.